The van der Waals surface area contributed by atoms with Crippen LogP contribution in [0.2, 0.25) is 0 Å². The molecule has 0 nitrogen and oxygen atoms in total. The first-order valence-corrected chi connectivity index (χ1v) is 3.28. The van der Waals surface area contributed by atoms with Gasteiger partial charge in [0.15, 0.2) is 0 Å². The molecule has 0 aliphatic rings. The van der Waals surface area contributed by atoms with Crippen LogP contribution in [0.15, 0.2) is 0 Å². The standard InChI is InChI=1S/C9H12/c1-3-5-7-9-8-6-4-2/h1-2H,5-9H2. The van der Waals surface area contributed by atoms with Crippen LogP contribution in [-0.4, -0.2) is 0 Å². The Balaban J connectivity index is 2.79. The Hall–Kier alpha value is -0.880. The molecule has 9 heavy (non-hydrogen) atoms. The first-order valence-electron chi connectivity index (χ1n) is 3.28. The van der Waals surface area contributed by atoms with Crippen LogP contribution in [0, 0.1) is 24.7 Å². The lowest BCUT2D eigenvalue weighted by Crippen LogP contribution is -1.73. The van der Waals surface area contributed by atoms with E-state index in [1.54, 1.807) is 0 Å². The first-order chi connectivity index (χ1) is 4.41. The molecule has 0 atom stereocenters. The van der Waals surface area contributed by atoms with E-state index in [1.165, 1.54) is 6.42 Å². The van der Waals surface area contributed by atoms with Gasteiger partial charge in [0.2, 0.25) is 0 Å². The molecule has 0 spiro atoms. The van der Waals surface area contributed by atoms with Crippen LogP contribution in [0.1, 0.15) is 32.1 Å². The lowest BCUT2D eigenvalue weighted by molar-refractivity contribution is 0.709. The Morgan fingerprint density at radius 3 is 1.56 bits per heavy atom. The van der Waals surface area contributed by atoms with Crippen molar-refractivity contribution in [2.24, 2.45) is 0 Å². The minimum absolute atomic E-state index is 0.893. The normalized spacial score (nSPS) is 7.78. The van der Waals surface area contributed by atoms with Gasteiger partial charge in [0.25, 0.3) is 0 Å². The number of terminal acetylenes is 2. The summed E-state index contributed by atoms with van der Waals surface area (Å²) in [5, 5.41) is 0. The first kappa shape index (κ1) is 8.12. The summed E-state index contributed by atoms with van der Waals surface area (Å²) < 4.78 is 0. The van der Waals surface area contributed by atoms with Gasteiger partial charge in [-0.1, -0.05) is 6.42 Å². The van der Waals surface area contributed by atoms with Gasteiger partial charge in [0, 0.05) is 12.8 Å². The SMILES string of the molecule is C#CCCCCCC#C. The van der Waals surface area contributed by atoms with Crippen molar-refractivity contribution in [3.63, 3.8) is 0 Å². The highest BCUT2D eigenvalue weighted by atomic mass is 13.9. The van der Waals surface area contributed by atoms with Crippen molar-refractivity contribution in [3.8, 4) is 24.7 Å². The fraction of sp³-hybridized carbons (Fsp3) is 0.556. The predicted octanol–water partition coefficient (Wildman–Crippen LogP) is 2.20. The number of rotatable bonds is 4. The quantitative estimate of drug-likeness (QED) is 0.394. The summed E-state index contributed by atoms with van der Waals surface area (Å²) >= 11 is 0. The summed E-state index contributed by atoms with van der Waals surface area (Å²) in [5.41, 5.74) is 0. The zero-order valence-electron chi connectivity index (χ0n) is 5.69. The van der Waals surface area contributed by atoms with Gasteiger partial charge >= 0.3 is 0 Å². The average molecular weight is 120 g/mol. The van der Waals surface area contributed by atoms with Crippen LogP contribution < -0.4 is 0 Å². The molecular weight excluding hydrogens is 108 g/mol. The van der Waals surface area contributed by atoms with Gasteiger partial charge in [-0.25, -0.2) is 0 Å². The third-order valence-electron chi connectivity index (χ3n) is 1.14. The Bertz CT molecular complexity index is 104. The summed E-state index contributed by atoms with van der Waals surface area (Å²) in [6.07, 6.45) is 15.3. The van der Waals surface area contributed by atoms with Crippen molar-refractivity contribution in [2.75, 3.05) is 0 Å². The summed E-state index contributed by atoms with van der Waals surface area (Å²) in [7, 11) is 0. The second-order valence-corrected chi connectivity index (χ2v) is 1.97. The van der Waals surface area contributed by atoms with Crippen molar-refractivity contribution >= 4 is 0 Å². The molecule has 0 aliphatic heterocycles. The monoisotopic (exact) mass is 120 g/mol. The van der Waals surface area contributed by atoms with E-state index in [2.05, 4.69) is 11.8 Å². The van der Waals surface area contributed by atoms with E-state index in [1.807, 2.05) is 0 Å². The molecule has 0 fully saturated rings. The van der Waals surface area contributed by atoms with Gasteiger partial charge in [-0.3, -0.25) is 0 Å². The maximum atomic E-state index is 5.05. The third kappa shape index (κ3) is 7.12. The van der Waals surface area contributed by atoms with Crippen LogP contribution in [0.4, 0.5) is 0 Å². The van der Waals surface area contributed by atoms with E-state index in [9.17, 15) is 0 Å². The Kier molecular flexibility index (Phi) is 6.42. The number of hydrogen-bond donors (Lipinski definition) is 0. The zero-order chi connectivity index (χ0) is 6.95. The second-order valence-electron chi connectivity index (χ2n) is 1.97. The van der Waals surface area contributed by atoms with Crippen LogP contribution in [0.5, 0.6) is 0 Å². The lowest BCUT2D eigenvalue weighted by atomic mass is 10.1. The molecule has 0 aromatic heterocycles. The summed E-state index contributed by atoms with van der Waals surface area (Å²) in [6.45, 7) is 0. The molecule has 0 aliphatic carbocycles. The highest BCUT2D eigenvalue weighted by Crippen LogP contribution is 2.00. The molecule has 48 valence electrons. The van der Waals surface area contributed by atoms with Gasteiger partial charge in [0.1, 0.15) is 0 Å². The Morgan fingerprint density at radius 2 is 1.22 bits per heavy atom. The van der Waals surface area contributed by atoms with E-state index < -0.39 is 0 Å². The van der Waals surface area contributed by atoms with Crippen LogP contribution in [-0.2, 0) is 0 Å². The molecule has 0 saturated heterocycles. The van der Waals surface area contributed by atoms with Gasteiger partial charge < -0.3 is 0 Å². The summed E-state index contributed by atoms with van der Waals surface area (Å²) in [6, 6.07) is 0. The molecule has 0 heteroatoms. The summed E-state index contributed by atoms with van der Waals surface area (Å²) in [5.74, 6) is 5.19. The average Bonchev–Trinajstić information content (AvgIpc) is 1.89. The van der Waals surface area contributed by atoms with Crippen molar-refractivity contribution in [1.82, 2.24) is 0 Å². The maximum Gasteiger partial charge on any atom is 0.00860 e. The molecule has 0 saturated carbocycles. The largest absolute Gasteiger partial charge is 0.120 e. The molecule has 0 radical (unpaired) electrons. The minimum Gasteiger partial charge on any atom is -0.120 e. The molecule has 0 unspecified atom stereocenters. The highest BCUT2D eigenvalue weighted by molar-refractivity contribution is 4.85. The number of hydrogen-bond acceptors (Lipinski definition) is 0. The van der Waals surface area contributed by atoms with Gasteiger partial charge in [-0.2, -0.15) is 0 Å². The molecule has 0 aromatic carbocycles. The second kappa shape index (κ2) is 7.12. The van der Waals surface area contributed by atoms with Crippen LogP contribution in [0.25, 0.3) is 0 Å². The smallest absolute Gasteiger partial charge is 0.00860 e. The highest BCUT2D eigenvalue weighted by Gasteiger charge is 1.83. The van der Waals surface area contributed by atoms with Crippen molar-refractivity contribution in [3.05, 3.63) is 0 Å². The van der Waals surface area contributed by atoms with E-state index in [-0.39, 0.29) is 0 Å². The van der Waals surface area contributed by atoms with E-state index in [0.717, 1.165) is 25.7 Å². The van der Waals surface area contributed by atoms with Crippen LogP contribution >= 0.6 is 0 Å². The van der Waals surface area contributed by atoms with Crippen molar-refractivity contribution in [2.45, 2.75) is 32.1 Å². The zero-order valence-corrected chi connectivity index (χ0v) is 5.69. The topological polar surface area (TPSA) is 0 Å². The van der Waals surface area contributed by atoms with Crippen molar-refractivity contribution in [1.29, 1.82) is 0 Å². The maximum absolute atomic E-state index is 5.05. The Labute approximate surface area is 57.7 Å². The summed E-state index contributed by atoms with van der Waals surface area (Å²) in [4.78, 5) is 0. The molecular formula is C9H12. The van der Waals surface area contributed by atoms with E-state index in [0.29, 0.717) is 0 Å². The molecule has 0 N–H and O–H groups in total. The van der Waals surface area contributed by atoms with E-state index >= 15 is 0 Å². The predicted molar refractivity (Wildman–Crippen MR) is 40.8 cm³/mol. The van der Waals surface area contributed by atoms with E-state index in [4.69, 9.17) is 12.8 Å². The molecule has 0 bridgehead atoms. The third-order valence-corrected chi connectivity index (χ3v) is 1.14. The van der Waals surface area contributed by atoms with Crippen LogP contribution in [0.3, 0.4) is 0 Å². The van der Waals surface area contributed by atoms with Crippen molar-refractivity contribution < 1.29 is 0 Å². The molecule has 0 heterocycles. The molecule has 0 rings (SSSR count). The fourth-order valence-corrected chi connectivity index (χ4v) is 0.631. The van der Waals surface area contributed by atoms with Gasteiger partial charge in [-0.05, 0) is 12.8 Å². The fourth-order valence-electron chi connectivity index (χ4n) is 0.631. The van der Waals surface area contributed by atoms with Gasteiger partial charge in [0.05, 0.1) is 0 Å². The number of unbranched alkanes of at least 4 members (excludes halogenated alkanes) is 4. The Morgan fingerprint density at radius 1 is 0.778 bits per heavy atom. The van der Waals surface area contributed by atoms with Gasteiger partial charge in [-0.15, -0.1) is 24.7 Å². The molecule has 0 amide bonds. The lowest BCUT2D eigenvalue weighted by Gasteiger charge is -1.90. The minimum atomic E-state index is 0.893. The molecule has 0 aromatic rings.